The lowest BCUT2D eigenvalue weighted by molar-refractivity contribution is 0.100. The van der Waals surface area contributed by atoms with Crippen LogP contribution >= 0.6 is 31.9 Å². The molecule has 0 bridgehead atoms. The van der Waals surface area contributed by atoms with Crippen LogP contribution < -0.4 is 11.1 Å². The van der Waals surface area contributed by atoms with Crippen molar-refractivity contribution < 1.29 is 4.79 Å². The van der Waals surface area contributed by atoms with E-state index in [1.807, 2.05) is 30.3 Å². The van der Waals surface area contributed by atoms with Crippen LogP contribution in [0.1, 0.15) is 15.9 Å². The Morgan fingerprint density at radius 1 is 1.11 bits per heavy atom. The average molecular weight is 384 g/mol. The van der Waals surface area contributed by atoms with Crippen molar-refractivity contribution >= 4 is 43.5 Å². The minimum atomic E-state index is -0.407. The quantitative estimate of drug-likeness (QED) is 0.840. The molecule has 98 valence electrons. The van der Waals surface area contributed by atoms with Gasteiger partial charge in [0.25, 0.3) is 0 Å². The highest BCUT2D eigenvalue weighted by Gasteiger charge is 2.02. The average Bonchev–Trinajstić information content (AvgIpc) is 2.38. The van der Waals surface area contributed by atoms with Gasteiger partial charge in [-0.2, -0.15) is 0 Å². The Morgan fingerprint density at radius 2 is 1.79 bits per heavy atom. The van der Waals surface area contributed by atoms with Crippen molar-refractivity contribution in [2.24, 2.45) is 5.73 Å². The molecule has 3 N–H and O–H groups in total. The monoisotopic (exact) mass is 382 g/mol. The number of amides is 1. The summed E-state index contributed by atoms with van der Waals surface area (Å²) in [7, 11) is 0. The van der Waals surface area contributed by atoms with Gasteiger partial charge in [0.2, 0.25) is 5.91 Å². The second-order valence-corrected chi connectivity index (χ2v) is 5.81. The van der Waals surface area contributed by atoms with Gasteiger partial charge >= 0.3 is 0 Å². The van der Waals surface area contributed by atoms with Gasteiger partial charge in [-0.3, -0.25) is 4.79 Å². The summed E-state index contributed by atoms with van der Waals surface area (Å²) in [6.45, 7) is 0.680. The first kappa shape index (κ1) is 14.1. The van der Waals surface area contributed by atoms with E-state index in [-0.39, 0.29) is 0 Å². The van der Waals surface area contributed by atoms with E-state index < -0.39 is 5.91 Å². The number of rotatable bonds is 4. The number of hydrogen-bond donors (Lipinski definition) is 2. The first-order valence-electron chi connectivity index (χ1n) is 5.64. The highest BCUT2D eigenvalue weighted by atomic mass is 79.9. The summed E-state index contributed by atoms with van der Waals surface area (Å²) in [5.74, 6) is -0.407. The van der Waals surface area contributed by atoms with Gasteiger partial charge in [0.15, 0.2) is 0 Å². The lowest BCUT2D eigenvalue weighted by Crippen LogP contribution is -2.10. The third-order valence-electron chi connectivity index (χ3n) is 2.65. The molecule has 0 aliphatic rings. The zero-order chi connectivity index (χ0) is 13.8. The largest absolute Gasteiger partial charge is 0.380 e. The van der Waals surface area contributed by atoms with E-state index in [9.17, 15) is 4.79 Å². The van der Waals surface area contributed by atoms with Crippen molar-refractivity contribution in [1.29, 1.82) is 0 Å². The Balaban J connectivity index is 2.04. The number of nitrogens with one attached hydrogen (secondary N) is 1. The molecule has 0 saturated heterocycles. The SMILES string of the molecule is NC(=O)c1ccc(CNc2ccc(Br)cc2Br)cc1. The number of anilines is 1. The van der Waals surface area contributed by atoms with Crippen LogP contribution in [0.15, 0.2) is 51.4 Å². The Morgan fingerprint density at radius 3 is 2.37 bits per heavy atom. The van der Waals surface area contributed by atoms with Crippen LogP contribution in [0.5, 0.6) is 0 Å². The molecule has 3 nitrogen and oxygen atoms in total. The molecule has 2 rings (SSSR count). The van der Waals surface area contributed by atoms with E-state index in [4.69, 9.17) is 5.73 Å². The summed E-state index contributed by atoms with van der Waals surface area (Å²) in [4.78, 5) is 11.0. The molecule has 0 aromatic heterocycles. The molecular formula is C14H12Br2N2O. The Hall–Kier alpha value is -1.33. The smallest absolute Gasteiger partial charge is 0.248 e. The van der Waals surface area contributed by atoms with Crippen molar-refractivity contribution in [2.45, 2.75) is 6.54 Å². The molecule has 0 unspecified atom stereocenters. The van der Waals surface area contributed by atoms with Crippen LogP contribution in [-0.4, -0.2) is 5.91 Å². The van der Waals surface area contributed by atoms with E-state index in [1.54, 1.807) is 12.1 Å². The summed E-state index contributed by atoms with van der Waals surface area (Å²) >= 11 is 6.91. The minimum absolute atomic E-state index is 0.407. The highest BCUT2D eigenvalue weighted by Crippen LogP contribution is 2.26. The molecule has 0 aliphatic heterocycles. The van der Waals surface area contributed by atoms with Gasteiger partial charge < -0.3 is 11.1 Å². The predicted molar refractivity (Wildman–Crippen MR) is 84.1 cm³/mol. The van der Waals surface area contributed by atoms with Gasteiger partial charge in [0.05, 0.1) is 0 Å². The molecule has 0 atom stereocenters. The van der Waals surface area contributed by atoms with Gasteiger partial charge in [-0.1, -0.05) is 28.1 Å². The lowest BCUT2D eigenvalue weighted by Gasteiger charge is -2.09. The summed E-state index contributed by atoms with van der Waals surface area (Å²) in [5, 5.41) is 3.32. The summed E-state index contributed by atoms with van der Waals surface area (Å²) in [6.07, 6.45) is 0. The van der Waals surface area contributed by atoms with Crippen LogP contribution in [0.25, 0.3) is 0 Å². The molecular weight excluding hydrogens is 372 g/mol. The molecule has 0 radical (unpaired) electrons. The number of nitrogens with two attached hydrogens (primary N) is 1. The second-order valence-electron chi connectivity index (χ2n) is 4.04. The van der Waals surface area contributed by atoms with E-state index >= 15 is 0 Å². The molecule has 5 heteroatoms. The van der Waals surface area contributed by atoms with Crippen LogP contribution in [0.2, 0.25) is 0 Å². The second kappa shape index (κ2) is 6.21. The van der Waals surface area contributed by atoms with E-state index in [2.05, 4.69) is 37.2 Å². The summed E-state index contributed by atoms with van der Waals surface area (Å²) in [5.41, 5.74) is 7.82. The number of carbonyl (C=O) groups excluding carboxylic acids is 1. The molecule has 0 heterocycles. The van der Waals surface area contributed by atoms with Crippen molar-refractivity contribution in [1.82, 2.24) is 0 Å². The van der Waals surface area contributed by atoms with Gasteiger partial charge in [0, 0.05) is 26.7 Å². The fourth-order valence-corrected chi connectivity index (χ4v) is 2.80. The molecule has 0 aliphatic carbocycles. The Labute approximate surface area is 128 Å². The maximum atomic E-state index is 11.0. The van der Waals surface area contributed by atoms with Gasteiger partial charge in [-0.25, -0.2) is 0 Å². The highest BCUT2D eigenvalue weighted by molar-refractivity contribution is 9.11. The number of halogens is 2. The summed E-state index contributed by atoms with van der Waals surface area (Å²) in [6, 6.07) is 13.2. The maximum absolute atomic E-state index is 11.0. The van der Waals surface area contributed by atoms with Gasteiger partial charge in [-0.15, -0.1) is 0 Å². The van der Waals surface area contributed by atoms with Crippen LogP contribution in [-0.2, 0) is 6.54 Å². The molecule has 0 fully saturated rings. The molecule has 0 saturated carbocycles. The molecule has 1 amide bonds. The van der Waals surface area contributed by atoms with Crippen LogP contribution in [0.4, 0.5) is 5.69 Å². The minimum Gasteiger partial charge on any atom is -0.380 e. The number of carbonyl (C=O) groups is 1. The van der Waals surface area contributed by atoms with Crippen molar-refractivity contribution in [3.05, 3.63) is 62.5 Å². The zero-order valence-electron chi connectivity index (χ0n) is 9.99. The first-order chi connectivity index (χ1) is 9.06. The Bertz CT molecular complexity index is 597. The van der Waals surface area contributed by atoms with Crippen molar-refractivity contribution in [3.63, 3.8) is 0 Å². The van der Waals surface area contributed by atoms with Crippen molar-refractivity contribution in [2.75, 3.05) is 5.32 Å². The number of primary amides is 1. The molecule has 19 heavy (non-hydrogen) atoms. The van der Waals surface area contributed by atoms with E-state index in [0.29, 0.717) is 12.1 Å². The molecule has 0 spiro atoms. The standard InChI is InChI=1S/C14H12Br2N2O/c15-11-5-6-13(12(16)7-11)18-8-9-1-3-10(4-2-9)14(17)19/h1-7,18H,8H2,(H2,17,19). The zero-order valence-corrected chi connectivity index (χ0v) is 13.2. The first-order valence-corrected chi connectivity index (χ1v) is 7.22. The number of benzene rings is 2. The molecule has 2 aromatic rings. The van der Waals surface area contributed by atoms with E-state index in [0.717, 1.165) is 20.2 Å². The number of hydrogen-bond acceptors (Lipinski definition) is 2. The predicted octanol–water partition coefficient (Wildman–Crippen LogP) is 3.92. The fourth-order valence-electron chi connectivity index (χ4n) is 1.62. The third-order valence-corrected chi connectivity index (χ3v) is 3.80. The lowest BCUT2D eigenvalue weighted by atomic mass is 10.1. The van der Waals surface area contributed by atoms with Gasteiger partial charge in [0.1, 0.15) is 0 Å². The van der Waals surface area contributed by atoms with E-state index in [1.165, 1.54) is 0 Å². The molecule has 2 aromatic carbocycles. The maximum Gasteiger partial charge on any atom is 0.248 e. The fraction of sp³-hybridized carbons (Fsp3) is 0.0714. The van der Waals surface area contributed by atoms with Crippen LogP contribution in [0, 0.1) is 0 Å². The van der Waals surface area contributed by atoms with Crippen molar-refractivity contribution in [3.8, 4) is 0 Å². The Kier molecular flexibility index (Phi) is 4.61. The summed E-state index contributed by atoms with van der Waals surface area (Å²) < 4.78 is 2.02. The van der Waals surface area contributed by atoms with Gasteiger partial charge in [-0.05, 0) is 51.8 Å². The third kappa shape index (κ3) is 3.81. The topological polar surface area (TPSA) is 55.1 Å². The normalized spacial score (nSPS) is 10.2. The van der Waals surface area contributed by atoms with Crippen LogP contribution in [0.3, 0.4) is 0 Å².